The largest absolute Gasteiger partial charge is 0.424 e. The molecule has 1 N–H and O–H groups in total. The summed E-state index contributed by atoms with van der Waals surface area (Å²) in [5.74, 6) is -0.275. The maximum Gasteiger partial charge on any atom is 0.208 e. The standard InChI is InChI=1S/C23H29N4O2S/c1-23(10-5-11-27(23)2)18(14-24)15-25-30(29)26-22(28)13-21-19-8-3-6-16(19)12-17-7-4-9-20(17)21/h12,15H,3-11,13H2,1-2H3,(H,25,26,28,29)/q-1/b18-15-. The van der Waals surface area contributed by atoms with Gasteiger partial charge in [0.05, 0.1) is 23.6 Å². The zero-order chi connectivity index (χ0) is 21.3. The van der Waals surface area contributed by atoms with E-state index >= 15 is 0 Å². The fourth-order valence-electron chi connectivity index (χ4n) is 5.30. The van der Waals surface area contributed by atoms with Gasteiger partial charge in [0, 0.05) is 6.20 Å². The first-order valence-electron chi connectivity index (χ1n) is 10.8. The Morgan fingerprint density at radius 2 is 1.93 bits per heavy atom. The van der Waals surface area contributed by atoms with Crippen molar-refractivity contribution in [2.24, 2.45) is 4.36 Å². The summed E-state index contributed by atoms with van der Waals surface area (Å²) >= 11 is 0. The predicted molar refractivity (Wildman–Crippen MR) is 117 cm³/mol. The van der Waals surface area contributed by atoms with Crippen molar-refractivity contribution >= 4 is 16.7 Å². The molecular weight excluding hydrogens is 396 g/mol. The van der Waals surface area contributed by atoms with E-state index in [0.717, 1.165) is 63.5 Å². The van der Waals surface area contributed by atoms with Crippen LogP contribution in [0.25, 0.3) is 0 Å². The Morgan fingerprint density at radius 1 is 1.27 bits per heavy atom. The van der Waals surface area contributed by atoms with Crippen LogP contribution in [-0.2, 0) is 51.9 Å². The number of nitrogens with zero attached hydrogens (tertiary/aromatic N) is 3. The Labute approximate surface area is 180 Å². The number of carbonyl (C=O) groups excluding carboxylic acids is 1. The first kappa shape index (κ1) is 21.1. The molecule has 0 bridgehead atoms. The van der Waals surface area contributed by atoms with Gasteiger partial charge in [-0.05, 0) is 99.7 Å². The summed E-state index contributed by atoms with van der Waals surface area (Å²) in [6.07, 6.45) is 10.0. The molecule has 1 amide bonds. The van der Waals surface area contributed by atoms with E-state index in [1.165, 1.54) is 28.5 Å². The number of benzene rings is 1. The fourth-order valence-corrected chi connectivity index (χ4v) is 5.82. The van der Waals surface area contributed by atoms with Crippen molar-refractivity contribution < 1.29 is 9.00 Å². The summed E-state index contributed by atoms with van der Waals surface area (Å²) in [6.45, 7) is 2.92. The average molecular weight is 426 g/mol. The summed E-state index contributed by atoms with van der Waals surface area (Å²) in [4.78, 5) is 14.8. The van der Waals surface area contributed by atoms with Crippen LogP contribution in [-0.4, -0.2) is 29.9 Å². The quantitative estimate of drug-likeness (QED) is 0.579. The van der Waals surface area contributed by atoms with Crippen molar-refractivity contribution in [1.82, 2.24) is 9.62 Å². The Balaban J connectivity index is 1.49. The summed E-state index contributed by atoms with van der Waals surface area (Å²) < 4.78 is 18.9. The van der Waals surface area contributed by atoms with Crippen molar-refractivity contribution in [2.45, 2.75) is 70.3 Å². The normalized spacial score (nSPS) is 24.5. The number of hydrogen-bond acceptors (Lipinski definition) is 6. The number of rotatable bonds is 5. The van der Waals surface area contributed by atoms with Crippen molar-refractivity contribution in [3.8, 4) is 6.07 Å². The van der Waals surface area contributed by atoms with Crippen LogP contribution in [0.15, 0.2) is 22.2 Å². The van der Waals surface area contributed by atoms with Gasteiger partial charge >= 0.3 is 0 Å². The fraction of sp³-hybridized carbons (Fsp3) is 0.565. The van der Waals surface area contributed by atoms with Gasteiger partial charge in [-0.2, -0.15) is 5.26 Å². The van der Waals surface area contributed by atoms with E-state index in [9.17, 15) is 14.3 Å². The van der Waals surface area contributed by atoms with Crippen LogP contribution in [0.2, 0.25) is 0 Å². The first-order valence-corrected chi connectivity index (χ1v) is 11.9. The number of carbonyl (C=O) groups is 1. The molecule has 7 heteroatoms. The highest BCUT2D eigenvalue weighted by Crippen LogP contribution is 2.35. The molecule has 160 valence electrons. The third kappa shape index (κ3) is 3.91. The molecule has 1 saturated heterocycles. The third-order valence-corrected chi connectivity index (χ3v) is 7.81. The lowest BCUT2D eigenvalue weighted by molar-refractivity contribution is -0.118. The van der Waals surface area contributed by atoms with Gasteiger partial charge in [-0.3, -0.25) is 9.69 Å². The van der Waals surface area contributed by atoms with Crippen LogP contribution in [0.3, 0.4) is 0 Å². The number of hydrogen-bond donors (Lipinski definition) is 1. The predicted octanol–water partition coefficient (Wildman–Crippen LogP) is 3.28. The smallest absolute Gasteiger partial charge is 0.208 e. The zero-order valence-corrected chi connectivity index (χ0v) is 18.6. The summed E-state index contributed by atoms with van der Waals surface area (Å²) in [5.41, 5.74) is 6.68. The molecule has 1 unspecified atom stereocenters. The number of likely N-dealkylation sites (tertiary alicyclic amines) is 1. The zero-order valence-electron chi connectivity index (χ0n) is 17.8. The maximum absolute atomic E-state index is 12.7. The molecule has 0 spiro atoms. The van der Waals surface area contributed by atoms with Crippen LogP contribution in [0.5, 0.6) is 0 Å². The van der Waals surface area contributed by atoms with Gasteiger partial charge in [-0.1, -0.05) is 16.8 Å². The van der Waals surface area contributed by atoms with Crippen molar-refractivity contribution in [3.05, 3.63) is 45.7 Å². The Bertz CT molecular complexity index is 1000. The third-order valence-electron chi connectivity index (χ3n) is 7.11. The lowest BCUT2D eigenvalue weighted by Gasteiger charge is -2.31. The van der Waals surface area contributed by atoms with E-state index < -0.39 is 16.3 Å². The molecule has 0 aromatic heterocycles. The molecule has 1 heterocycles. The summed E-state index contributed by atoms with van der Waals surface area (Å²) in [6, 6.07) is 4.54. The molecule has 1 aromatic rings. The highest BCUT2D eigenvalue weighted by Gasteiger charge is 2.37. The molecule has 1 fully saturated rings. The Hall–Kier alpha value is -2.17. The molecular formula is C23H29N4O2S-. The second kappa shape index (κ2) is 8.52. The van der Waals surface area contributed by atoms with Gasteiger partial charge in [0.1, 0.15) is 0 Å². The van der Waals surface area contributed by atoms with Crippen molar-refractivity contribution in [1.29, 1.82) is 5.26 Å². The minimum absolute atomic E-state index is 0.252. The van der Waals surface area contributed by atoms with Crippen LogP contribution in [0.4, 0.5) is 0 Å². The Morgan fingerprint density at radius 3 is 2.50 bits per heavy atom. The van der Waals surface area contributed by atoms with E-state index in [1.807, 2.05) is 14.0 Å². The van der Waals surface area contributed by atoms with E-state index in [1.54, 1.807) is 0 Å². The van der Waals surface area contributed by atoms with E-state index in [0.29, 0.717) is 5.57 Å². The molecule has 1 aromatic carbocycles. The Kier molecular flexibility index (Phi) is 5.99. The lowest BCUT2D eigenvalue weighted by Crippen LogP contribution is -2.39. The minimum Gasteiger partial charge on any atom is -0.424 e. The van der Waals surface area contributed by atoms with Gasteiger partial charge in [-0.15, -0.1) is 0 Å². The molecule has 6 nitrogen and oxygen atoms in total. The molecule has 2 aliphatic carbocycles. The molecule has 1 aliphatic heterocycles. The monoisotopic (exact) mass is 425 g/mol. The number of amides is 1. The molecule has 4 rings (SSSR count). The highest BCUT2D eigenvalue weighted by molar-refractivity contribution is 7.73. The lowest BCUT2D eigenvalue weighted by atomic mass is 9.91. The van der Waals surface area contributed by atoms with Crippen molar-refractivity contribution in [2.75, 3.05) is 13.6 Å². The van der Waals surface area contributed by atoms with Gasteiger partial charge in [0.2, 0.25) is 5.91 Å². The summed E-state index contributed by atoms with van der Waals surface area (Å²) in [5, 5.41) is 9.55. The van der Waals surface area contributed by atoms with Crippen molar-refractivity contribution in [3.63, 3.8) is 0 Å². The molecule has 0 radical (unpaired) electrons. The average Bonchev–Trinajstić information content (AvgIpc) is 3.43. The van der Waals surface area contributed by atoms with Crippen LogP contribution >= 0.6 is 0 Å². The van der Waals surface area contributed by atoms with E-state index in [4.69, 9.17) is 0 Å². The van der Waals surface area contributed by atoms with Gasteiger partial charge in [0.25, 0.3) is 0 Å². The number of likely N-dealkylation sites (N-methyl/N-ethyl adjacent to an activating group) is 1. The van der Waals surface area contributed by atoms with Crippen LogP contribution in [0.1, 0.15) is 60.4 Å². The highest BCUT2D eigenvalue weighted by atomic mass is 32.2. The first-order chi connectivity index (χ1) is 14.4. The molecule has 1 atom stereocenters. The topological polar surface area (TPSA) is 85.6 Å². The molecule has 30 heavy (non-hydrogen) atoms. The van der Waals surface area contributed by atoms with Gasteiger partial charge in [-0.25, -0.2) is 0 Å². The molecule has 3 aliphatic rings. The second-order valence-corrected chi connectivity index (χ2v) is 9.76. The van der Waals surface area contributed by atoms with Crippen LogP contribution in [0, 0.1) is 11.3 Å². The number of nitriles is 1. The number of nitrogens with one attached hydrogen (secondary N) is 1. The SMILES string of the molecule is CN1CCCC1(C)/C(C#N)=C\N=[S-](=O)NC(=O)Cc1c2c(cc3c1CCC3)CCC2. The number of fused-ring (bicyclic) bond motifs is 2. The van der Waals surface area contributed by atoms with E-state index in [2.05, 4.69) is 26.1 Å². The second-order valence-electron chi connectivity index (χ2n) is 8.85. The van der Waals surface area contributed by atoms with Gasteiger partial charge < -0.3 is 13.3 Å². The van der Waals surface area contributed by atoms with E-state index in [-0.39, 0.29) is 12.3 Å². The van der Waals surface area contributed by atoms with Crippen LogP contribution < -0.4 is 4.72 Å². The number of aryl methyl sites for hydroxylation is 2. The van der Waals surface area contributed by atoms with Gasteiger partial charge in [0.15, 0.2) is 0 Å². The maximum atomic E-state index is 12.7. The summed E-state index contributed by atoms with van der Waals surface area (Å²) in [7, 11) is 0.0871. The minimum atomic E-state index is -1.89. The molecule has 0 saturated carbocycles.